The van der Waals surface area contributed by atoms with Crippen LogP contribution >= 0.6 is 0 Å². The Balaban J connectivity index is 2.67. The van der Waals surface area contributed by atoms with E-state index in [9.17, 15) is 13.2 Å². The van der Waals surface area contributed by atoms with Crippen molar-refractivity contribution in [2.24, 2.45) is 0 Å². The molecule has 0 fully saturated rings. The maximum atomic E-state index is 11.8. The number of rotatable bonds is 4. The first-order chi connectivity index (χ1) is 7.03. The molecule has 0 aliphatic heterocycles. The third-order valence-electron chi connectivity index (χ3n) is 1.46. The molecule has 1 rings (SSSR count). The minimum Gasteiger partial charge on any atom is -0.480 e. The Hall–Kier alpha value is -1.43. The average Bonchev–Trinajstić information content (AvgIpc) is 2.16. The minimum absolute atomic E-state index is 0.0520. The van der Waals surface area contributed by atoms with E-state index in [1.165, 1.54) is 18.2 Å². The lowest BCUT2D eigenvalue weighted by Gasteiger charge is -2.12. The van der Waals surface area contributed by atoms with Gasteiger partial charge in [0, 0.05) is 0 Å². The molecule has 0 spiro atoms. The van der Waals surface area contributed by atoms with E-state index < -0.39 is 19.6 Å². The summed E-state index contributed by atoms with van der Waals surface area (Å²) in [5.41, 5.74) is 0. The summed E-state index contributed by atoms with van der Waals surface area (Å²) in [7, 11) is 0. The molecule has 0 saturated heterocycles. The molecule has 0 atom stereocenters. The molecule has 1 aromatic rings. The molecule has 15 heavy (non-hydrogen) atoms. The van der Waals surface area contributed by atoms with E-state index in [0.717, 1.165) is 0 Å². The van der Waals surface area contributed by atoms with Crippen LogP contribution in [0.5, 0.6) is 11.5 Å². The van der Waals surface area contributed by atoms with E-state index in [-0.39, 0.29) is 11.5 Å². The molecule has 0 saturated carbocycles. The molecule has 0 aliphatic rings. The third-order valence-corrected chi connectivity index (χ3v) is 1.46. The van der Waals surface area contributed by atoms with Gasteiger partial charge < -0.3 is 14.6 Å². The van der Waals surface area contributed by atoms with Gasteiger partial charge in [0.25, 0.3) is 0 Å². The minimum atomic E-state index is -4.40. The zero-order chi connectivity index (χ0) is 11.3. The fraction of sp³-hybridized carbons (Fsp3) is 0.333. The summed E-state index contributed by atoms with van der Waals surface area (Å²) in [6.45, 7) is -2.01. The molecule has 0 bridgehead atoms. The molecule has 1 aromatic carbocycles. The van der Waals surface area contributed by atoms with Crippen molar-refractivity contribution >= 4 is 0 Å². The summed E-state index contributed by atoms with van der Waals surface area (Å²) in [6, 6.07) is 5.81. The number of alkyl halides is 3. The number of benzene rings is 1. The van der Waals surface area contributed by atoms with Crippen molar-refractivity contribution in [3.63, 3.8) is 0 Å². The van der Waals surface area contributed by atoms with Crippen LogP contribution in [0.2, 0.25) is 0 Å². The maximum Gasteiger partial charge on any atom is 0.422 e. The number of aliphatic hydroxyl groups excluding tert-OH is 1. The summed E-state index contributed by atoms with van der Waals surface area (Å²) < 4.78 is 44.7. The highest BCUT2D eigenvalue weighted by Crippen LogP contribution is 2.28. The van der Waals surface area contributed by atoms with E-state index >= 15 is 0 Å². The van der Waals surface area contributed by atoms with Crippen LogP contribution in [0.25, 0.3) is 0 Å². The lowest BCUT2D eigenvalue weighted by atomic mass is 10.3. The van der Waals surface area contributed by atoms with Crippen molar-refractivity contribution in [1.29, 1.82) is 0 Å². The van der Waals surface area contributed by atoms with Gasteiger partial charge in [-0.15, -0.1) is 0 Å². The molecule has 1 N–H and O–H groups in total. The summed E-state index contributed by atoms with van der Waals surface area (Å²) >= 11 is 0. The second-order valence-electron chi connectivity index (χ2n) is 2.62. The molecule has 0 amide bonds. The summed E-state index contributed by atoms with van der Waals surface area (Å²) in [5.74, 6) is 0.0214. The Kier molecular flexibility index (Phi) is 3.79. The number of aliphatic hydroxyl groups is 1. The van der Waals surface area contributed by atoms with Crippen LogP contribution in [0, 0.1) is 0 Å². The highest BCUT2D eigenvalue weighted by Gasteiger charge is 2.28. The monoisotopic (exact) mass is 222 g/mol. The van der Waals surface area contributed by atoms with Crippen molar-refractivity contribution in [1.82, 2.24) is 0 Å². The van der Waals surface area contributed by atoms with E-state index in [4.69, 9.17) is 5.11 Å². The van der Waals surface area contributed by atoms with Crippen LogP contribution in [0.3, 0.4) is 0 Å². The molecule has 0 aliphatic carbocycles. The number of para-hydroxylation sites is 2. The zero-order valence-electron chi connectivity index (χ0n) is 7.62. The zero-order valence-corrected chi connectivity index (χ0v) is 7.62. The van der Waals surface area contributed by atoms with Gasteiger partial charge in [-0.25, -0.2) is 0 Å². The second kappa shape index (κ2) is 4.88. The Morgan fingerprint density at radius 3 is 2.07 bits per heavy atom. The molecule has 0 radical (unpaired) electrons. The Bertz CT molecular complexity index is 312. The molecule has 0 aromatic heterocycles. The van der Waals surface area contributed by atoms with Crippen molar-refractivity contribution in [2.75, 3.05) is 13.4 Å². The van der Waals surface area contributed by atoms with Gasteiger partial charge in [-0.1, -0.05) is 12.1 Å². The topological polar surface area (TPSA) is 38.7 Å². The number of hydrogen-bond donors (Lipinski definition) is 1. The van der Waals surface area contributed by atoms with Crippen LogP contribution in [-0.4, -0.2) is 24.7 Å². The van der Waals surface area contributed by atoms with Crippen molar-refractivity contribution in [2.45, 2.75) is 6.18 Å². The first-order valence-corrected chi connectivity index (χ1v) is 4.05. The molecule has 0 unspecified atom stereocenters. The van der Waals surface area contributed by atoms with Crippen molar-refractivity contribution in [3.05, 3.63) is 24.3 Å². The summed E-state index contributed by atoms with van der Waals surface area (Å²) in [4.78, 5) is 0. The van der Waals surface area contributed by atoms with Gasteiger partial charge in [-0.3, -0.25) is 0 Å². The maximum absolute atomic E-state index is 11.8. The second-order valence-corrected chi connectivity index (χ2v) is 2.62. The van der Waals surface area contributed by atoms with E-state index in [2.05, 4.69) is 9.47 Å². The smallest absolute Gasteiger partial charge is 0.422 e. The lowest BCUT2D eigenvalue weighted by Crippen LogP contribution is -2.19. The van der Waals surface area contributed by atoms with Crippen molar-refractivity contribution in [3.8, 4) is 11.5 Å². The quantitative estimate of drug-likeness (QED) is 0.791. The highest BCUT2D eigenvalue weighted by molar-refractivity contribution is 5.39. The van der Waals surface area contributed by atoms with Gasteiger partial charge in [0.2, 0.25) is 0 Å². The first kappa shape index (κ1) is 11.6. The van der Waals surface area contributed by atoms with Gasteiger partial charge in [0.1, 0.15) is 0 Å². The standard InChI is InChI=1S/C9H9F3O3/c10-9(11,12)5-14-7-3-1-2-4-8(7)15-6-13/h1-4,13H,5-6H2. The molecule has 3 nitrogen and oxygen atoms in total. The van der Waals surface area contributed by atoms with Crippen molar-refractivity contribution < 1.29 is 27.8 Å². The predicted octanol–water partition coefficient (Wildman–Crippen LogP) is 1.96. The summed E-state index contributed by atoms with van der Waals surface area (Å²) in [6.07, 6.45) is -4.40. The predicted molar refractivity (Wildman–Crippen MR) is 45.7 cm³/mol. The fourth-order valence-corrected chi connectivity index (χ4v) is 0.918. The van der Waals surface area contributed by atoms with E-state index in [1.54, 1.807) is 6.07 Å². The SMILES string of the molecule is OCOc1ccccc1OCC(F)(F)F. The van der Waals surface area contributed by atoms with Crippen LogP contribution in [0.1, 0.15) is 0 Å². The molecular formula is C9H9F3O3. The van der Waals surface area contributed by atoms with Gasteiger partial charge in [-0.05, 0) is 12.1 Å². The van der Waals surface area contributed by atoms with Gasteiger partial charge in [0.15, 0.2) is 24.9 Å². The normalized spacial score (nSPS) is 11.2. The van der Waals surface area contributed by atoms with Crippen LogP contribution < -0.4 is 9.47 Å². The van der Waals surface area contributed by atoms with E-state index in [0.29, 0.717) is 0 Å². The average molecular weight is 222 g/mol. The van der Waals surface area contributed by atoms with Gasteiger partial charge in [0.05, 0.1) is 0 Å². The molecule has 0 heterocycles. The van der Waals surface area contributed by atoms with Crippen LogP contribution in [0.4, 0.5) is 13.2 Å². The van der Waals surface area contributed by atoms with Crippen LogP contribution in [0.15, 0.2) is 24.3 Å². The molecular weight excluding hydrogens is 213 g/mol. The van der Waals surface area contributed by atoms with Gasteiger partial charge in [-0.2, -0.15) is 13.2 Å². The highest BCUT2D eigenvalue weighted by atomic mass is 19.4. The Morgan fingerprint density at radius 1 is 1.07 bits per heavy atom. The lowest BCUT2D eigenvalue weighted by molar-refractivity contribution is -0.153. The largest absolute Gasteiger partial charge is 0.480 e. The molecule has 6 heteroatoms. The number of hydrogen-bond acceptors (Lipinski definition) is 3. The Labute approximate surface area is 84.0 Å². The summed E-state index contributed by atoms with van der Waals surface area (Å²) in [5, 5.41) is 8.47. The number of ether oxygens (including phenoxy) is 2. The van der Waals surface area contributed by atoms with Gasteiger partial charge >= 0.3 is 6.18 Å². The Morgan fingerprint density at radius 2 is 1.60 bits per heavy atom. The first-order valence-electron chi connectivity index (χ1n) is 4.05. The number of halogens is 3. The van der Waals surface area contributed by atoms with E-state index in [1.807, 2.05) is 0 Å². The third kappa shape index (κ3) is 4.07. The molecule has 84 valence electrons. The fourth-order valence-electron chi connectivity index (χ4n) is 0.918. The van der Waals surface area contributed by atoms with Crippen LogP contribution in [-0.2, 0) is 0 Å².